The van der Waals surface area contributed by atoms with Crippen LogP contribution in [0.3, 0.4) is 0 Å². The first-order valence-electron chi connectivity index (χ1n) is 5.65. The number of hydrogen-bond acceptors (Lipinski definition) is 3. The van der Waals surface area contributed by atoms with E-state index in [0.29, 0.717) is 5.00 Å². The van der Waals surface area contributed by atoms with Crippen molar-refractivity contribution >= 4 is 28.2 Å². The third-order valence-corrected chi connectivity index (χ3v) is 4.43. The first-order valence-corrected chi connectivity index (χ1v) is 6.46. The molecule has 1 aromatic heterocycles. The molecule has 0 radical (unpaired) electrons. The highest BCUT2D eigenvalue weighted by atomic mass is 32.1. The molecule has 2 rings (SSSR count). The zero-order chi connectivity index (χ0) is 12.6. The fraction of sp³-hybridized carbons (Fsp3) is 0.500. The number of carbonyl (C=O) groups is 2. The molecule has 0 atom stereocenters. The maximum atomic E-state index is 11.8. The normalized spacial score (nSPS) is 15.4. The molecule has 0 saturated heterocycles. The molecule has 0 aliphatic heterocycles. The van der Waals surface area contributed by atoms with Gasteiger partial charge >= 0.3 is 5.97 Å². The summed E-state index contributed by atoms with van der Waals surface area (Å²) >= 11 is 1.34. The maximum Gasteiger partial charge on any atom is 0.338 e. The number of rotatable bonds is 3. The molecule has 2 N–H and O–H groups in total. The average molecular weight is 253 g/mol. The lowest BCUT2D eigenvalue weighted by Gasteiger charge is -2.23. The van der Waals surface area contributed by atoms with Crippen molar-refractivity contribution in [1.29, 1.82) is 0 Å². The molecular formula is C12H15NO3S. The third-order valence-electron chi connectivity index (χ3n) is 3.31. The van der Waals surface area contributed by atoms with Gasteiger partial charge in [0.15, 0.2) is 0 Å². The van der Waals surface area contributed by atoms with Crippen LogP contribution < -0.4 is 5.32 Å². The van der Waals surface area contributed by atoms with Gasteiger partial charge in [0.05, 0.1) is 5.56 Å². The van der Waals surface area contributed by atoms with Crippen LogP contribution in [0.1, 0.15) is 40.1 Å². The third kappa shape index (κ3) is 2.20. The Balaban J connectivity index is 2.22. The number of anilines is 1. The van der Waals surface area contributed by atoms with Gasteiger partial charge in [-0.25, -0.2) is 4.79 Å². The van der Waals surface area contributed by atoms with Crippen molar-refractivity contribution in [2.24, 2.45) is 5.92 Å². The van der Waals surface area contributed by atoms with Gasteiger partial charge in [0.1, 0.15) is 5.00 Å². The number of thiophene rings is 1. The lowest BCUT2D eigenvalue weighted by atomic mass is 9.85. The summed E-state index contributed by atoms with van der Waals surface area (Å²) in [4.78, 5) is 23.9. The van der Waals surface area contributed by atoms with Gasteiger partial charge in [-0.05, 0) is 32.3 Å². The first kappa shape index (κ1) is 12.1. The Labute approximate surface area is 104 Å². The van der Waals surface area contributed by atoms with Crippen LogP contribution in [0.25, 0.3) is 0 Å². The van der Waals surface area contributed by atoms with E-state index in [4.69, 9.17) is 5.11 Å². The monoisotopic (exact) mass is 253 g/mol. The minimum absolute atomic E-state index is 0.0417. The van der Waals surface area contributed by atoms with Crippen molar-refractivity contribution in [1.82, 2.24) is 0 Å². The molecule has 0 spiro atoms. The topological polar surface area (TPSA) is 66.4 Å². The van der Waals surface area contributed by atoms with Crippen molar-refractivity contribution in [2.45, 2.75) is 33.1 Å². The fourth-order valence-corrected chi connectivity index (χ4v) is 2.91. The van der Waals surface area contributed by atoms with E-state index >= 15 is 0 Å². The molecule has 0 unspecified atom stereocenters. The number of carbonyl (C=O) groups excluding carboxylic acids is 1. The first-order chi connectivity index (χ1) is 8.00. The lowest BCUT2D eigenvalue weighted by molar-refractivity contribution is -0.122. The van der Waals surface area contributed by atoms with Gasteiger partial charge in [-0.1, -0.05) is 6.42 Å². The number of hydrogen-bond donors (Lipinski definition) is 2. The summed E-state index contributed by atoms with van der Waals surface area (Å²) < 4.78 is 0. The molecular weight excluding hydrogens is 238 g/mol. The van der Waals surface area contributed by atoms with Crippen LogP contribution in [0.2, 0.25) is 0 Å². The van der Waals surface area contributed by atoms with Crippen LogP contribution in [-0.4, -0.2) is 17.0 Å². The molecule has 1 saturated carbocycles. The molecule has 5 heteroatoms. The number of aryl methyl sites for hydroxylation is 1. The van der Waals surface area contributed by atoms with Crippen molar-refractivity contribution in [3.8, 4) is 0 Å². The van der Waals surface area contributed by atoms with Gasteiger partial charge in [0, 0.05) is 10.8 Å². The van der Waals surface area contributed by atoms with E-state index in [1.165, 1.54) is 11.3 Å². The van der Waals surface area contributed by atoms with E-state index in [1.807, 2.05) is 6.92 Å². The summed E-state index contributed by atoms with van der Waals surface area (Å²) in [6.07, 6.45) is 2.92. The minimum Gasteiger partial charge on any atom is -0.478 e. The summed E-state index contributed by atoms with van der Waals surface area (Å²) in [6, 6.07) is 0. The molecule has 92 valence electrons. The van der Waals surface area contributed by atoms with Gasteiger partial charge in [0.25, 0.3) is 0 Å². The van der Waals surface area contributed by atoms with Gasteiger partial charge < -0.3 is 10.4 Å². The second kappa shape index (κ2) is 4.49. The highest BCUT2D eigenvalue weighted by Crippen LogP contribution is 2.34. The quantitative estimate of drug-likeness (QED) is 0.870. The second-order valence-corrected chi connectivity index (χ2v) is 5.63. The molecule has 1 aromatic rings. The molecule has 1 aliphatic carbocycles. The summed E-state index contributed by atoms with van der Waals surface area (Å²) in [6.45, 7) is 3.64. The highest BCUT2D eigenvalue weighted by molar-refractivity contribution is 7.16. The standard InChI is InChI=1S/C12H15NO3S/c1-6-7(2)17-11(9(6)12(15)16)13-10(14)8-4-3-5-8/h8H,3-5H2,1-2H3,(H,13,14)(H,15,16). The van der Waals surface area contributed by atoms with Gasteiger partial charge in [-0.15, -0.1) is 11.3 Å². The van der Waals surface area contributed by atoms with Crippen LogP contribution in [0.5, 0.6) is 0 Å². The van der Waals surface area contributed by atoms with Crippen LogP contribution in [0.15, 0.2) is 0 Å². The largest absolute Gasteiger partial charge is 0.478 e. The predicted molar refractivity (Wildman–Crippen MR) is 66.7 cm³/mol. The zero-order valence-electron chi connectivity index (χ0n) is 9.87. The summed E-state index contributed by atoms with van der Waals surface area (Å²) in [5, 5.41) is 12.4. The van der Waals surface area contributed by atoms with Crippen LogP contribution in [0, 0.1) is 19.8 Å². The second-order valence-electron chi connectivity index (χ2n) is 4.41. The van der Waals surface area contributed by atoms with Crippen LogP contribution >= 0.6 is 11.3 Å². The molecule has 0 bridgehead atoms. The minimum atomic E-state index is -0.976. The Kier molecular flexibility index (Phi) is 3.19. The molecule has 1 amide bonds. The molecule has 1 heterocycles. The van der Waals surface area contributed by atoms with Gasteiger partial charge in [-0.3, -0.25) is 4.79 Å². The predicted octanol–water partition coefficient (Wildman–Crippen LogP) is 2.80. The molecule has 4 nitrogen and oxygen atoms in total. The number of nitrogens with one attached hydrogen (secondary N) is 1. The Morgan fingerprint density at radius 3 is 2.47 bits per heavy atom. The van der Waals surface area contributed by atoms with Crippen molar-refractivity contribution in [3.63, 3.8) is 0 Å². The van der Waals surface area contributed by atoms with E-state index in [-0.39, 0.29) is 17.4 Å². The summed E-state index contributed by atoms with van der Waals surface area (Å²) in [5.41, 5.74) is 0.978. The van der Waals surface area contributed by atoms with E-state index < -0.39 is 5.97 Å². The molecule has 17 heavy (non-hydrogen) atoms. The van der Waals surface area contributed by atoms with Crippen molar-refractivity contribution < 1.29 is 14.7 Å². The molecule has 1 aliphatic rings. The number of carboxylic acids is 1. The van der Waals surface area contributed by atoms with Crippen LogP contribution in [0.4, 0.5) is 5.00 Å². The summed E-state index contributed by atoms with van der Waals surface area (Å²) in [5.74, 6) is -0.949. The maximum absolute atomic E-state index is 11.8. The lowest BCUT2D eigenvalue weighted by Crippen LogP contribution is -2.28. The van der Waals surface area contributed by atoms with Gasteiger partial charge in [0.2, 0.25) is 5.91 Å². The summed E-state index contributed by atoms with van der Waals surface area (Å²) in [7, 11) is 0. The number of carboxylic acid groups (broad SMARTS) is 1. The smallest absolute Gasteiger partial charge is 0.338 e. The van der Waals surface area contributed by atoms with E-state index in [1.54, 1.807) is 6.92 Å². The van der Waals surface area contributed by atoms with Crippen LogP contribution in [-0.2, 0) is 4.79 Å². The molecule has 1 fully saturated rings. The fourth-order valence-electron chi connectivity index (χ4n) is 1.86. The average Bonchev–Trinajstić information content (AvgIpc) is 2.38. The van der Waals surface area contributed by atoms with Gasteiger partial charge in [-0.2, -0.15) is 0 Å². The highest BCUT2D eigenvalue weighted by Gasteiger charge is 2.27. The molecule has 0 aromatic carbocycles. The Morgan fingerprint density at radius 1 is 1.35 bits per heavy atom. The van der Waals surface area contributed by atoms with E-state index in [2.05, 4.69) is 5.32 Å². The Bertz CT molecular complexity index is 474. The van der Waals surface area contributed by atoms with E-state index in [0.717, 1.165) is 29.7 Å². The number of amides is 1. The zero-order valence-corrected chi connectivity index (χ0v) is 10.7. The SMILES string of the molecule is Cc1sc(NC(=O)C2CCC2)c(C(=O)O)c1C. The Morgan fingerprint density at radius 2 is 2.00 bits per heavy atom. The number of aromatic carboxylic acids is 1. The van der Waals surface area contributed by atoms with E-state index in [9.17, 15) is 9.59 Å². The van der Waals surface area contributed by atoms with Crippen molar-refractivity contribution in [2.75, 3.05) is 5.32 Å². The van der Waals surface area contributed by atoms with Crippen molar-refractivity contribution in [3.05, 3.63) is 16.0 Å². The Hall–Kier alpha value is -1.36.